The van der Waals surface area contributed by atoms with E-state index in [2.05, 4.69) is 5.32 Å². The summed E-state index contributed by atoms with van der Waals surface area (Å²) in [5.74, 6) is -0.986. The van der Waals surface area contributed by atoms with Crippen molar-refractivity contribution in [2.24, 2.45) is 5.73 Å². The standard InChI is InChI=1S/C14H21FN2O2/c1-9(8-14(2,3)19-4)17-12-7-10(13(16)18)5-6-11(12)15/h5-7,9,17H,8H2,1-4H3,(H2,16,18). The molecule has 19 heavy (non-hydrogen) atoms. The quantitative estimate of drug-likeness (QED) is 0.833. The number of rotatable bonds is 6. The Hall–Kier alpha value is -1.62. The third kappa shape index (κ3) is 4.52. The molecule has 0 saturated heterocycles. The zero-order chi connectivity index (χ0) is 14.6. The molecule has 0 heterocycles. The van der Waals surface area contributed by atoms with Crippen molar-refractivity contribution >= 4 is 11.6 Å². The molecule has 106 valence electrons. The highest BCUT2D eigenvalue weighted by Gasteiger charge is 2.20. The molecule has 1 atom stereocenters. The van der Waals surface area contributed by atoms with E-state index in [-0.39, 0.29) is 22.9 Å². The summed E-state index contributed by atoms with van der Waals surface area (Å²) in [6, 6.07) is 4.02. The summed E-state index contributed by atoms with van der Waals surface area (Å²) < 4.78 is 19.0. The number of ether oxygens (including phenoxy) is 1. The van der Waals surface area contributed by atoms with Gasteiger partial charge in [-0.3, -0.25) is 4.79 Å². The molecule has 0 aliphatic rings. The van der Waals surface area contributed by atoms with Gasteiger partial charge in [0.05, 0.1) is 11.3 Å². The summed E-state index contributed by atoms with van der Waals surface area (Å²) in [6.07, 6.45) is 0.698. The zero-order valence-electron chi connectivity index (χ0n) is 11.8. The van der Waals surface area contributed by atoms with Gasteiger partial charge in [0.15, 0.2) is 0 Å². The number of primary amides is 1. The predicted molar refractivity (Wildman–Crippen MR) is 73.7 cm³/mol. The van der Waals surface area contributed by atoms with Crippen molar-refractivity contribution < 1.29 is 13.9 Å². The molecule has 0 spiro atoms. The number of benzene rings is 1. The van der Waals surface area contributed by atoms with Crippen LogP contribution < -0.4 is 11.1 Å². The molecule has 5 heteroatoms. The Morgan fingerprint density at radius 3 is 2.68 bits per heavy atom. The summed E-state index contributed by atoms with van der Waals surface area (Å²) >= 11 is 0. The van der Waals surface area contributed by atoms with E-state index in [1.165, 1.54) is 18.2 Å². The maximum Gasteiger partial charge on any atom is 0.248 e. The second-order valence-electron chi connectivity index (χ2n) is 5.27. The maximum absolute atomic E-state index is 13.7. The molecule has 0 radical (unpaired) electrons. The first-order valence-corrected chi connectivity index (χ1v) is 6.16. The summed E-state index contributed by atoms with van der Waals surface area (Å²) in [6.45, 7) is 5.85. The number of nitrogens with two attached hydrogens (primary N) is 1. The smallest absolute Gasteiger partial charge is 0.248 e. The van der Waals surface area contributed by atoms with Crippen molar-refractivity contribution in [3.63, 3.8) is 0 Å². The van der Waals surface area contributed by atoms with Crippen LogP contribution in [0.15, 0.2) is 18.2 Å². The zero-order valence-corrected chi connectivity index (χ0v) is 11.8. The lowest BCUT2D eigenvalue weighted by Crippen LogP contribution is -2.31. The number of amides is 1. The molecule has 1 rings (SSSR count). The fraction of sp³-hybridized carbons (Fsp3) is 0.500. The minimum atomic E-state index is -0.576. The van der Waals surface area contributed by atoms with Gasteiger partial charge < -0.3 is 15.8 Å². The largest absolute Gasteiger partial charge is 0.380 e. The third-order valence-corrected chi connectivity index (χ3v) is 3.00. The molecule has 1 amide bonds. The molecule has 4 nitrogen and oxygen atoms in total. The van der Waals surface area contributed by atoms with E-state index in [1.807, 2.05) is 20.8 Å². The lowest BCUT2D eigenvalue weighted by molar-refractivity contribution is 0.0127. The molecule has 1 aromatic carbocycles. The average Bonchev–Trinajstić information content (AvgIpc) is 2.31. The minimum absolute atomic E-state index is 0.00687. The van der Waals surface area contributed by atoms with Gasteiger partial charge in [0, 0.05) is 18.7 Å². The second-order valence-corrected chi connectivity index (χ2v) is 5.27. The van der Waals surface area contributed by atoms with Crippen LogP contribution in [0.5, 0.6) is 0 Å². The van der Waals surface area contributed by atoms with Crippen LogP contribution in [0.25, 0.3) is 0 Å². The highest BCUT2D eigenvalue weighted by Crippen LogP contribution is 2.21. The van der Waals surface area contributed by atoms with Crippen LogP contribution in [0.1, 0.15) is 37.6 Å². The van der Waals surface area contributed by atoms with Gasteiger partial charge in [-0.25, -0.2) is 4.39 Å². The second kappa shape index (κ2) is 6.02. The minimum Gasteiger partial charge on any atom is -0.380 e. The Morgan fingerprint density at radius 2 is 2.16 bits per heavy atom. The highest BCUT2D eigenvalue weighted by atomic mass is 19.1. The number of carbonyl (C=O) groups excluding carboxylic acids is 1. The van der Waals surface area contributed by atoms with E-state index in [9.17, 15) is 9.18 Å². The van der Waals surface area contributed by atoms with Gasteiger partial charge >= 0.3 is 0 Å². The van der Waals surface area contributed by atoms with Crippen molar-refractivity contribution in [1.82, 2.24) is 0 Å². The van der Waals surface area contributed by atoms with Crippen LogP contribution in [-0.4, -0.2) is 24.7 Å². The number of hydrogen-bond donors (Lipinski definition) is 2. The van der Waals surface area contributed by atoms with E-state index < -0.39 is 11.7 Å². The first-order valence-electron chi connectivity index (χ1n) is 6.16. The lowest BCUT2D eigenvalue weighted by Gasteiger charge is -2.27. The van der Waals surface area contributed by atoms with Crippen LogP contribution in [-0.2, 0) is 4.74 Å². The van der Waals surface area contributed by atoms with Crippen LogP contribution in [0.2, 0.25) is 0 Å². The van der Waals surface area contributed by atoms with Gasteiger partial charge in [-0.1, -0.05) is 0 Å². The van der Waals surface area contributed by atoms with Crippen LogP contribution in [0.4, 0.5) is 10.1 Å². The van der Waals surface area contributed by atoms with E-state index >= 15 is 0 Å². The molecule has 0 aliphatic heterocycles. The van der Waals surface area contributed by atoms with Crippen molar-refractivity contribution in [2.45, 2.75) is 38.8 Å². The predicted octanol–water partition coefficient (Wildman–Crippen LogP) is 2.54. The normalized spacial score (nSPS) is 13.1. The molecule has 3 N–H and O–H groups in total. The van der Waals surface area contributed by atoms with Crippen molar-refractivity contribution in [1.29, 1.82) is 0 Å². The number of carbonyl (C=O) groups is 1. The Labute approximate surface area is 113 Å². The molecular weight excluding hydrogens is 247 g/mol. The third-order valence-electron chi connectivity index (χ3n) is 3.00. The van der Waals surface area contributed by atoms with Crippen LogP contribution in [0.3, 0.4) is 0 Å². The number of anilines is 1. The lowest BCUT2D eigenvalue weighted by atomic mass is 9.99. The SMILES string of the molecule is COC(C)(C)CC(C)Nc1cc(C(N)=O)ccc1F. The Kier molecular flexibility index (Phi) is 4.89. The van der Waals surface area contributed by atoms with E-state index in [0.717, 1.165) is 0 Å². The Morgan fingerprint density at radius 1 is 1.53 bits per heavy atom. The van der Waals surface area contributed by atoms with Gasteiger partial charge in [-0.05, 0) is 45.4 Å². The number of nitrogens with one attached hydrogen (secondary N) is 1. The van der Waals surface area contributed by atoms with Gasteiger partial charge in [0.2, 0.25) is 5.91 Å². The van der Waals surface area contributed by atoms with Crippen molar-refractivity contribution in [3.8, 4) is 0 Å². The Bertz CT molecular complexity index is 461. The topological polar surface area (TPSA) is 64.3 Å². The monoisotopic (exact) mass is 268 g/mol. The maximum atomic E-state index is 13.7. The van der Waals surface area contributed by atoms with Crippen LogP contribution in [0, 0.1) is 5.82 Å². The van der Waals surface area contributed by atoms with Gasteiger partial charge in [-0.2, -0.15) is 0 Å². The summed E-state index contributed by atoms with van der Waals surface area (Å²) in [4.78, 5) is 11.1. The molecule has 0 aromatic heterocycles. The summed E-state index contributed by atoms with van der Waals surface area (Å²) in [7, 11) is 1.64. The molecule has 1 unspecified atom stereocenters. The summed E-state index contributed by atoms with van der Waals surface area (Å²) in [5.41, 5.74) is 5.43. The first-order chi connectivity index (χ1) is 8.75. The number of methoxy groups -OCH3 is 1. The average molecular weight is 268 g/mol. The van der Waals surface area contributed by atoms with Crippen molar-refractivity contribution in [2.75, 3.05) is 12.4 Å². The van der Waals surface area contributed by atoms with Crippen molar-refractivity contribution in [3.05, 3.63) is 29.6 Å². The molecule has 0 fully saturated rings. The molecular formula is C14H21FN2O2. The number of hydrogen-bond acceptors (Lipinski definition) is 3. The van der Waals surface area contributed by atoms with E-state index in [4.69, 9.17) is 10.5 Å². The Balaban J connectivity index is 2.81. The van der Waals surface area contributed by atoms with Gasteiger partial charge in [-0.15, -0.1) is 0 Å². The first kappa shape index (κ1) is 15.4. The molecule has 1 aromatic rings. The number of halogens is 1. The van der Waals surface area contributed by atoms with Gasteiger partial charge in [0.25, 0.3) is 0 Å². The molecule has 0 bridgehead atoms. The van der Waals surface area contributed by atoms with E-state index in [0.29, 0.717) is 6.42 Å². The highest BCUT2D eigenvalue weighted by molar-refractivity contribution is 5.93. The fourth-order valence-electron chi connectivity index (χ4n) is 1.93. The molecule has 0 saturated carbocycles. The van der Waals surface area contributed by atoms with Gasteiger partial charge in [0.1, 0.15) is 5.82 Å². The summed E-state index contributed by atoms with van der Waals surface area (Å²) in [5, 5.41) is 3.03. The van der Waals surface area contributed by atoms with Crippen LogP contribution >= 0.6 is 0 Å². The fourth-order valence-corrected chi connectivity index (χ4v) is 1.93. The van der Waals surface area contributed by atoms with E-state index in [1.54, 1.807) is 7.11 Å². The molecule has 0 aliphatic carbocycles.